The zero-order chi connectivity index (χ0) is 24.3. The van der Waals surface area contributed by atoms with Gasteiger partial charge in [-0.1, -0.05) is 0 Å². The lowest BCUT2D eigenvalue weighted by atomic mass is 9.83. The minimum Gasteiger partial charge on any atom is -0.474 e. The minimum atomic E-state index is -3.19. The Morgan fingerprint density at radius 1 is 1.15 bits per heavy atom. The molecule has 3 heterocycles. The number of hydrogen-bond acceptors (Lipinski definition) is 9. The number of fused-ring (bicyclic) bond motifs is 1. The van der Waals surface area contributed by atoms with Crippen LogP contribution in [0.5, 0.6) is 5.88 Å². The van der Waals surface area contributed by atoms with E-state index in [2.05, 4.69) is 15.3 Å². The number of sulfonamides is 1. The summed E-state index contributed by atoms with van der Waals surface area (Å²) in [6.07, 6.45) is 8.99. The van der Waals surface area contributed by atoms with Crippen molar-refractivity contribution in [1.82, 2.24) is 19.3 Å². The standard InChI is InChI=1S/C23H35N5O5S/c1-15(14-32-2)26-23-25-13-20-21(27-23)19(16-4-6-17(29)7-5-16)12-24-22(20)33-18-8-10-28(11-9-18)34(3,30)31/h12-13,15-18,29H,4-11,14H2,1-3H3,(H,25,26,27)/t15-,16?,17?/m0/s1. The number of hydrogen-bond donors (Lipinski definition) is 2. The van der Waals surface area contributed by atoms with Gasteiger partial charge in [0.1, 0.15) is 6.10 Å². The van der Waals surface area contributed by atoms with Crippen molar-refractivity contribution in [2.45, 2.75) is 69.6 Å². The van der Waals surface area contributed by atoms with Gasteiger partial charge < -0.3 is 19.9 Å². The number of nitrogens with zero attached hydrogens (tertiary/aromatic N) is 4. The number of pyridine rings is 1. The largest absolute Gasteiger partial charge is 0.474 e. The average Bonchev–Trinajstić information content (AvgIpc) is 2.80. The first kappa shape index (κ1) is 25.0. The van der Waals surface area contributed by atoms with Crippen LogP contribution < -0.4 is 10.1 Å². The third-order valence-electron chi connectivity index (χ3n) is 6.69. The number of aliphatic hydroxyl groups is 1. The Morgan fingerprint density at radius 3 is 2.50 bits per heavy atom. The highest BCUT2D eigenvalue weighted by Crippen LogP contribution is 2.38. The Balaban J connectivity index is 1.61. The van der Waals surface area contributed by atoms with Crippen LogP contribution >= 0.6 is 0 Å². The Bertz CT molecular complexity index is 1080. The summed E-state index contributed by atoms with van der Waals surface area (Å²) < 4.78 is 36.6. The summed E-state index contributed by atoms with van der Waals surface area (Å²) in [4.78, 5) is 14.0. The van der Waals surface area contributed by atoms with Gasteiger partial charge in [0, 0.05) is 44.2 Å². The van der Waals surface area contributed by atoms with E-state index in [9.17, 15) is 13.5 Å². The van der Waals surface area contributed by atoms with E-state index < -0.39 is 10.0 Å². The number of aliphatic hydroxyl groups excluding tert-OH is 1. The summed E-state index contributed by atoms with van der Waals surface area (Å²) in [7, 11) is -1.53. The number of ether oxygens (including phenoxy) is 2. The number of methoxy groups -OCH3 is 1. The molecule has 0 bridgehead atoms. The monoisotopic (exact) mass is 493 g/mol. The zero-order valence-corrected chi connectivity index (χ0v) is 20.9. The molecule has 2 aromatic heterocycles. The first-order valence-electron chi connectivity index (χ1n) is 12.0. The summed E-state index contributed by atoms with van der Waals surface area (Å²) >= 11 is 0. The van der Waals surface area contributed by atoms with Crippen molar-refractivity contribution in [3.05, 3.63) is 18.0 Å². The van der Waals surface area contributed by atoms with E-state index in [1.165, 1.54) is 10.6 Å². The van der Waals surface area contributed by atoms with E-state index in [-0.39, 0.29) is 24.2 Å². The SMILES string of the molecule is COC[C@H](C)Nc1ncc2c(OC3CCN(S(C)(=O)=O)CC3)ncc(C3CCC(O)CC3)c2n1. The Labute approximate surface area is 201 Å². The molecule has 0 aromatic carbocycles. The number of anilines is 1. The third-order valence-corrected chi connectivity index (χ3v) is 7.99. The van der Waals surface area contributed by atoms with Crippen molar-refractivity contribution in [3.8, 4) is 5.88 Å². The lowest BCUT2D eigenvalue weighted by Crippen LogP contribution is -2.41. The second kappa shape index (κ2) is 10.7. The molecule has 1 saturated heterocycles. The molecule has 2 aromatic rings. The Hall–Kier alpha value is -2.08. The first-order chi connectivity index (χ1) is 16.2. The molecular weight excluding hydrogens is 458 g/mol. The first-order valence-corrected chi connectivity index (χ1v) is 13.8. The molecule has 188 valence electrons. The number of nitrogens with one attached hydrogen (secondary N) is 1. The van der Waals surface area contributed by atoms with Gasteiger partial charge in [0.25, 0.3) is 0 Å². The van der Waals surface area contributed by atoms with Crippen molar-refractivity contribution in [2.75, 3.05) is 38.4 Å². The van der Waals surface area contributed by atoms with Crippen LogP contribution in [0.2, 0.25) is 0 Å². The second-order valence-electron chi connectivity index (χ2n) is 9.46. The normalized spacial score (nSPS) is 23.6. The predicted octanol–water partition coefficient (Wildman–Crippen LogP) is 2.29. The maximum atomic E-state index is 11.8. The molecule has 1 aliphatic carbocycles. The Kier molecular flexibility index (Phi) is 7.86. The van der Waals surface area contributed by atoms with Crippen LogP contribution in [0.3, 0.4) is 0 Å². The van der Waals surface area contributed by atoms with Crippen molar-refractivity contribution in [1.29, 1.82) is 0 Å². The van der Waals surface area contributed by atoms with Crippen molar-refractivity contribution in [2.24, 2.45) is 0 Å². The Morgan fingerprint density at radius 2 is 1.85 bits per heavy atom. The quantitative estimate of drug-likeness (QED) is 0.569. The van der Waals surface area contributed by atoms with E-state index in [1.54, 1.807) is 13.3 Å². The van der Waals surface area contributed by atoms with Gasteiger partial charge in [0.2, 0.25) is 21.9 Å². The highest BCUT2D eigenvalue weighted by Gasteiger charge is 2.28. The number of rotatable bonds is 8. The maximum Gasteiger partial charge on any atom is 0.224 e. The van der Waals surface area contributed by atoms with E-state index in [0.29, 0.717) is 44.4 Å². The van der Waals surface area contributed by atoms with Gasteiger partial charge in [-0.2, -0.15) is 0 Å². The second-order valence-corrected chi connectivity index (χ2v) is 11.4. The molecule has 0 spiro atoms. The number of piperidine rings is 1. The molecule has 1 saturated carbocycles. The van der Waals surface area contributed by atoms with E-state index in [4.69, 9.17) is 14.5 Å². The molecule has 0 unspecified atom stereocenters. The molecule has 2 N–H and O–H groups in total. The van der Waals surface area contributed by atoms with Gasteiger partial charge in [0.05, 0.1) is 29.9 Å². The van der Waals surface area contributed by atoms with Crippen LogP contribution in [-0.2, 0) is 14.8 Å². The van der Waals surface area contributed by atoms with Gasteiger partial charge in [-0.25, -0.2) is 27.7 Å². The van der Waals surface area contributed by atoms with Gasteiger partial charge in [-0.3, -0.25) is 0 Å². The van der Waals surface area contributed by atoms with Crippen LogP contribution in [-0.4, -0.2) is 84.1 Å². The molecule has 4 rings (SSSR count). The topological polar surface area (TPSA) is 127 Å². The summed E-state index contributed by atoms with van der Waals surface area (Å²) in [5, 5.41) is 14.0. The average molecular weight is 494 g/mol. The van der Waals surface area contributed by atoms with Gasteiger partial charge in [-0.15, -0.1) is 0 Å². The molecule has 1 aliphatic heterocycles. The van der Waals surface area contributed by atoms with E-state index >= 15 is 0 Å². The smallest absolute Gasteiger partial charge is 0.224 e. The van der Waals surface area contributed by atoms with Crippen LogP contribution in [0.1, 0.15) is 56.9 Å². The summed E-state index contributed by atoms with van der Waals surface area (Å²) in [6, 6.07) is 0.0494. The molecule has 0 amide bonds. The maximum absolute atomic E-state index is 11.8. The molecule has 0 radical (unpaired) electrons. The fraction of sp³-hybridized carbons (Fsp3) is 0.696. The van der Waals surface area contributed by atoms with Gasteiger partial charge >= 0.3 is 0 Å². The van der Waals surface area contributed by atoms with Gasteiger partial charge in [0.15, 0.2) is 0 Å². The van der Waals surface area contributed by atoms with Crippen LogP contribution in [0, 0.1) is 0 Å². The molecule has 10 nitrogen and oxygen atoms in total. The molecule has 2 aliphatic rings. The third kappa shape index (κ3) is 5.94. The fourth-order valence-corrected chi connectivity index (χ4v) is 5.69. The zero-order valence-electron chi connectivity index (χ0n) is 20.1. The number of aromatic nitrogens is 3. The lowest BCUT2D eigenvalue weighted by molar-refractivity contribution is 0.122. The van der Waals surface area contributed by atoms with Crippen LogP contribution in [0.15, 0.2) is 12.4 Å². The molecule has 1 atom stereocenters. The molecule has 34 heavy (non-hydrogen) atoms. The fourth-order valence-electron chi connectivity index (χ4n) is 4.82. The predicted molar refractivity (Wildman–Crippen MR) is 130 cm³/mol. The minimum absolute atomic E-state index is 0.0494. The van der Waals surface area contributed by atoms with Crippen LogP contribution in [0.25, 0.3) is 10.9 Å². The highest BCUT2D eigenvalue weighted by atomic mass is 32.2. The summed E-state index contributed by atoms with van der Waals surface area (Å²) in [5.74, 6) is 1.27. The van der Waals surface area contributed by atoms with Crippen molar-refractivity contribution >= 4 is 26.9 Å². The van der Waals surface area contributed by atoms with E-state index in [1.807, 2.05) is 13.1 Å². The van der Waals surface area contributed by atoms with Crippen molar-refractivity contribution < 1.29 is 23.0 Å². The highest BCUT2D eigenvalue weighted by molar-refractivity contribution is 7.88. The molecule has 2 fully saturated rings. The van der Waals surface area contributed by atoms with Crippen molar-refractivity contribution in [3.63, 3.8) is 0 Å². The lowest BCUT2D eigenvalue weighted by Gasteiger charge is -2.30. The van der Waals surface area contributed by atoms with E-state index in [0.717, 1.165) is 42.1 Å². The van der Waals surface area contributed by atoms with Gasteiger partial charge in [-0.05, 0) is 51.4 Å². The molecular formula is C23H35N5O5S. The summed E-state index contributed by atoms with van der Waals surface area (Å²) in [5.41, 5.74) is 1.85. The van der Waals surface area contributed by atoms with Crippen LogP contribution in [0.4, 0.5) is 5.95 Å². The molecule has 11 heteroatoms. The summed E-state index contributed by atoms with van der Waals surface area (Å²) in [6.45, 7) is 3.41.